The molecule has 1 aromatic heterocycles. The van der Waals surface area contributed by atoms with E-state index in [1.807, 2.05) is 42.5 Å². The highest BCUT2D eigenvalue weighted by Crippen LogP contribution is 2.16. The first-order chi connectivity index (χ1) is 11.2. The molecule has 0 aliphatic rings. The van der Waals surface area contributed by atoms with Gasteiger partial charge in [0.2, 0.25) is 0 Å². The van der Waals surface area contributed by atoms with Crippen LogP contribution in [-0.2, 0) is 0 Å². The van der Waals surface area contributed by atoms with E-state index < -0.39 is 0 Å². The smallest absolute Gasteiger partial charge is 0.321 e. The highest BCUT2D eigenvalue weighted by Gasteiger charge is 2.09. The Labute approximate surface area is 141 Å². The lowest BCUT2D eigenvalue weighted by Crippen LogP contribution is -2.34. The van der Waals surface area contributed by atoms with E-state index in [0.29, 0.717) is 18.8 Å². The van der Waals surface area contributed by atoms with Crippen LogP contribution in [0.15, 0.2) is 53.7 Å². The maximum absolute atomic E-state index is 12.1. The van der Waals surface area contributed by atoms with Crippen molar-refractivity contribution in [2.24, 2.45) is 0 Å². The number of thioether (sulfide) groups is 1. The number of pyridine rings is 1. The van der Waals surface area contributed by atoms with Gasteiger partial charge in [0.1, 0.15) is 12.4 Å². The number of ether oxygens (including phenoxy) is 1. The summed E-state index contributed by atoms with van der Waals surface area (Å²) in [5.74, 6) is 1.78. The van der Waals surface area contributed by atoms with Gasteiger partial charge in [-0.1, -0.05) is 25.1 Å². The number of benzene rings is 1. The lowest BCUT2D eigenvalue weighted by molar-refractivity contribution is 0.207. The summed E-state index contributed by atoms with van der Waals surface area (Å²) in [4.78, 5) is 18.0. The van der Waals surface area contributed by atoms with Gasteiger partial charge in [-0.05, 0) is 30.0 Å². The van der Waals surface area contributed by atoms with Crippen LogP contribution in [0, 0.1) is 0 Å². The van der Waals surface area contributed by atoms with Crippen molar-refractivity contribution in [3.63, 3.8) is 0 Å². The van der Waals surface area contributed by atoms with E-state index in [4.69, 9.17) is 4.74 Å². The number of likely N-dealkylation sites (N-methyl/N-ethyl adjacent to an activating group) is 1. The minimum absolute atomic E-state index is 0.181. The third kappa shape index (κ3) is 5.83. The summed E-state index contributed by atoms with van der Waals surface area (Å²) in [6.07, 6.45) is 1.67. The SMILES string of the molecule is CCSc1ccc(NC(=O)N(C)CCOc2ccccc2)cn1. The zero-order valence-electron chi connectivity index (χ0n) is 13.4. The number of urea groups is 1. The van der Waals surface area contributed by atoms with E-state index in [1.54, 1.807) is 29.9 Å². The number of carbonyl (C=O) groups excluding carboxylic acids is 1. The van der Waals surface area contributed by atoms with Crippen molar-refractivity contribution in [1.29, 1.82) is 0 Å². The number of hydrogen-bond donors (Lipinski definition) is 1. The maximum atomic E-state index is 12.1. The number of rotatable bonds is 7. The molecule has 1 heterocycles. The molecule has 5 nitrogen and oxygen atoms in total. The molecular formula is C17H21N3O2S. The molecule has 0 aliphatic heterocycles. The highest BCUT2D eigenvalue weighted by atomic mass is 32.2. The summed E-state index contributed by atoms with van der Waals surface area (Å²) < 4.78 is 5.58. The molecule has 23 heavy (non-hydrogen) atoms. The van der Waals surface area contributed by atoms with Crippen LogP contribution >= 0.6 is 11.8 Å². The summed E-state index contributed by atoms with van der Waals surface area (Å²) in [6.45, 7) is 3.02. The van der Waals surface area contributed by atoms with Gasteiger partial charge in [-0.3, -0.25) is 0 Å². The quantitative estimate of drug-likeness (QED) is 0.785. The van der Waals surface area contributed by atoms with Crippen molar-refractivity contribution in [2.45, 2.75) is 11.9 Å². The lowest BCUT2D eigenvalue weighted by atomic mass is 10.3. The molecule has 1 aromatic carbocycles. The molecule has 0 unspecified atom stereocenters. The van der Waals surface area contributed by atoms with E-state index in [9.17, 15) is 4.79 Å². The normalized spacial score (nSPS) is 10.2. The summed E-state index contributed by atoms with van der Waals surface area (Å²) >= 11 is 1.67. The summed E-state index contributed by atoms with van der Waals surface area (Å²) in [5, 5.41) is 3.77. The first-order valence-corrected chi connectivity index (χ1v) is 8.46. The van der Waals surface area contributed by atoms with Crippen molar-refractivity contribution in [1.82, 2.24) is 9.88 Å². The molecular weight excluding hydrogens is 310 g/mol. The van der Waals surface area contributed by atoms with Crippen molar-refractivity contribution in [3.8, 4) is 5.75 Å². The Kier molecular flexibility index (Phi) is 6.75. The minimum Gasteiger partial charge on any atom is -0.492 e. The van der Waals surface area contributed by atoms with Crippen molar-refractivity contribution in [2.75, 3.05) is 31.3 Å². The van der Waals surface area contributed by atoms with Gasteiger partial charge in [0.05, 0.1) is 23.5 Å². The largest absolute Gasteiger partial charge is 0.492 e. The number of para-hydroxylation sites is 1. The van der Waals surface area contributed by atoms with E-state index in [2.05, 4.69) is 17.2 Å². The Bertz CT molecular complexity index is 605. The molecule has 1 N–H and O–H groups in total. The zero-order chi connectivity index (χ0) is 16.5. The number of aromatic nitrogens is 1. The molecule has 2 aromatic rings. The minimum atomic E-state index is -0.181. The van der Waals surface area contributed by atoms with Gasteiger partial charge in [-0.2, -0.15) is 0 Å². The molecule has 0 saturated heterocycles. The molecule has 2 rings (SSSR count). The highest BCUT2D eigenvalue weighted by molar-refractivity contribution is 7.99. The molecule has 0 spiro atoms. The van der Waals surface area contributed by atoms with Crippen LogP contribution in [0.2, 0.25) is 0 Å². The Morgan fingerprint density at radius 3 is 2.70 bits per heavy atom. The second-order valence-corrected chi connectivity index (χ2v) is 6.12. The van der Waals surface area contributed by atoms with E-state index >= 15 is 0 Å². The average Bonchev–Trinajstić information content (AvgIpc) is 2.57. The van der Waals surface area contributed by atoms with Crippen LogP contribution in [-0.4, -0.2) is 41.9 Å². The molecule has 0 aliphatic carbocycles. The van der Waals surface area contributed by atoms with Gasteiger partial charge in [0.15, 0.2) is 0 Å². The van der Waals surface area contributed by atoms with Crippen LogP contribution in [0.5, 0.6) is 5.75 Å². The number of hydrogen-bond acceptors (Lipinski definition) is 4. The fourth-order valence-electron chi connectivity index (χ4n) is 1.83. The summed E-state index contributed by atoms with van der Waals surface area (Å²) in [7, 11) is 1.73. The first kappa shape index (κ1) is 17.1. The molecule has 122 valence electrons. The number of carbonyl (C=O) groups is 1. The second-order valence-electron chi connectivity index (χ2n) is 4.83. The van der Waals surface area contributed by atoms with Crippen molar-refractivity contribution in [3.05, 3.63) is 48.7 Å². The monoisotopic (exact) mass is 331 g/mol. The fraction of sp³-hybridized carbons (Fsp3) is 0.294. The van der Waals surface area contributed by atoms with Crippen LogP contribution in [0.3, 0.4) is 0 Å². The van der Waals surface area contributed by atoms with Crippen LogP contribution in [0.4, 0.5) is 10.5 Å². The molecule has 0 bridgehead atoms. The molecule has 0 atom stereocenters. The number of anilines is 1. The lowest BCUT2D eigenvalue weighted by Gasteiger charge is -2.18. The third-order valence-electron chi connectivity index (χ3n) is 3.07. The van der Waals surface area contributed by atoms with Gasteiger partial charge in [0, 0.05) is 7.05 Å². The van der Waals surface area contributed by atoms with Crippen molar-refractivity contribution < 1.29 is 9.53 Å². The first-order valence-electron chi connectivity index (χ1n) is 7.48. The summed E-state index contributed by atoms with van der Waals surface area (Å²) in [5.41, 5.74) is 0.686. The Morgan fingerprint density at radius 2 is 2.04 bits per heavy atom. The van der Waals surface area contributed by atoms with Crippen LogP contribution in [0.25, 0.3) is 0 Å². The van der Waals surface area contributed by atoms with E-state index in [-0.39, 0.29) is 6.03 Å². The zero-order valence-corrected chi connectivity index (χ0v) is 14.2. The van der Waals surface area contributed by atoms with E-state index in [0.717, 1.165) is 16.5 Å². The number of nitrogens with zero attached hydrogens (tertiary/aromatic N) is 2. The molecule has 0 radical (unpaired) electrons. The van der Waals surface area contributed by atoms with Gasteiger partial charge in [-0.25, -0.2) is 9.78 Å². The average molecular weight is 331 g/mol. The summed E-state index contributed by atoms with van der Waals surface area (Å²) in [6, 6.07) is 13.1. The number of amides is 2. The maximum Gasteiger partial charge on any atom is 0.321 e. The predicted molar refractivity (Wildman–Crippen MR) is 94.2 cm³/mol. The Balaban J connectivity index is 1.75. The number of nitrogens with one attached hydrogen (secondary N) is 1. The van der Waals surface area contributed by atoms with Gasteiger partial charge in [0.25, 0.3) is 0 Å². The molecule has 0 fully saturated rings. The standard InChI is InChI=1S/C17H21N3O2S/c1-3-23-16-10-9-14(13-18-16)19-17(21)20(2)11-12-22-15-7-5-4-6-8-15/h4-10,13H,3,11-12H2,1-2H3,(H,19,21). The Morgan fingerprint density at radius 1 is 1.26 bits per heavy atom. The van der Waals surface area contributed by atoms with Crippen LogP contribution < -0.4 is 10.1 Å². The molecule has 0 saturated carbocycles. The predicted octanol–water partition coefficient (Wildman–Crippen LogP) is 3.74. The van der Waals surface area contributed by atoms with E-state index in [1.165, 1.54) is 0 Å². The van der Waals surface area contributed by atoms with Gasteiger partial charge in [-0.15, -0.1) is 11.8 Å². The fourth-order valence-corrected chi connectivity index (χ4v) is 2.41. The third-order valence-corrected chi connectivity index (χ3v) is 3.89. The topological polar surface area (TPSA) is 54.5 Å². The molecule has 6 heteroatoms. The van der Waals surface area contributed by atoms with Crippen molar-refractivity contribution >= 4 is 23.5 Å². The molecule has 2 amide bonds. The van der Waals surface area contributed by atoms with Gasteiger partial charge < -0.3 is 15.0 Å². The Hall–Kier alpha value is -2.21. The second kappa shape index (κ2) is 9.05. The van der Waals surface area contributed by atoms with Gasteiger partial charge >= 0.3 is 6.03 Å². The van der Waals surface area contributed by atoms with Crippen LogP contribution in [0.1, 0.15) is 6.92 Å².